The van der Waals surface area contributed by atoms with Crippen LogP contribution in [0.25, 0.3) is 0 Å². The van der Waals surface area contributed by atoms with E-state index in [-0.39, 0.29) is 23.3 Å². The fourth-order valence-corrected chi connectivity index (χ4v) is 2.88. The molecule has 1 aliphatic heterocycles. The van der Waals surface area contributed by atoms with Gasteiger partial charge >= 0.3 is 0 Å². The molecule has 2 amide bonds. The van der Waals surface area contributed by atoms with Gasteiger partial charge in [-0.15, -0.1) is 0 Å². The summed E-state index contributed by atoms with van der Waals surface area (Å²) < 4.78 is 0. The summed E-state index contributed by atoms with van der Waals surface area (Å²) in [4.78, 5) is 27.0. The second kappa shape index (κ2) is 6.15. The molecule has 116 valence electrons. The van der Waals surface area contributed by atoms with E-state index >= 15 is 0 Å². The van der Waals surface area contributed by atoms with Crippen LogP contribution in [0.2, 0.25) is 0 Å². The average molecular weight is 282 g/mol. The van der Waals surface area contributed by atoms with Gasteiger partial charge in [0.05, 0.1) is 0 Å². The molecule has 0 bridgehead atoms. The first-order valence-electron chi connectivity index (χ1n) is 7.84. The Morgan fingerprint density at radius 3 is 2.10 bits per heavy atom. The second-order valence-electron chi connectivity index (χ2n) is 6.97. The lowest BCUT2D eigenvalue weighted by atomic mass is 9.83. The van der Waals surface area contributed by atoms with Gasteiger partial charge in [-0.1, -0.05) is 41.5 Å². The Kier molecular flexibility index (Phi) is 5.22. The number of amides is 2. The molecule has 1 aliphatic rings. The van der Waals surface area contributed by atoms with E-state index in [4.69, 9.17) is 0 Å². The van der Waals surface area contributed by atoms with Crippen LogP contribution in [0, 0.1) is 5.41 Å². The standard InChI is InChI=1S/C16H30N2O2/c1-7-12-13(19)18(11-10-15(4,5)6)16(8-2,9-3)14(20)17-12/h12H,7-11H2,1-6H3,(H,17,20). The van der Waals surface area contributed by atoms with Crippen LogP contribution in [0.15, 0.2) is 0 Å². The number of rotatable bonds is 5. The van der Waals surface area contributed by atoms with Crippen molar-refractivity contribution in [2.24, 2.45) is 5.41 Å². The Morgan fingerprint density at radius 2 is 1.70 bits per heavy atom. The molecule has 0 aromatic heterocycles. The minimum atomic E-state index is -0.659. The van der Waals surface area contributed by atoms with Gasteiger partial charge in [-0.2, -0.15) is 0 Å². The highest BCUT2D eigenvalue weighted by atomic mass is 16.2. The van der Waals surface area contributed by atoms with Crippen molar-refractivity contribution in [2.45, 2.75) is 78.8 Å². The molecule has 1 saturated heterocycles. The van der Waals surface area contributed by atoms with Crippen LogP contribution >= 0.6 is 0 Å². The molecular weight excluding hydrogens is 252 g/mol. The minimum Gasteiger partial charge on any atom is -0.342 e. The Hall–Kier alpha value is -1.06. The molecule has 1 N–H and O–H groups in total. The van der Waals surface area contributed by atoms with Crippen molar-refractivity contribution in [2.75, 3.05) is 6.54 Å². The van der Waals surface area contributed by atoms with Crippen LogP contribution in [-0.4, -0.2) is 34.8 Å². The van der Waals surface area contributed by atoms with Crippen LogP contribution in [-0.2, 0) is 9.59 Å². The monoisotopic (exact) mass is 282 g/mol. The van der Waals surface area contributed by atoms with Gasteiger partial charge in [0.15, 0.2) is 0 Å². The predicted octanol–water partition coefficient (Wildman–Crippen LogP) is 2.72. The summed E-state index contributed by atoms with van der Waals surface area (Å²) in [5.74, 6) is 0.0999. The van der Waals surface area contributed by atoms with Crippen LogP contribution in [0.4, 0.5) is 0 Å². The second-order valence-corrected chi connectivity index (χ2v) is 6.97. The van der Waals surface area contributed by atoms with E-state index in [1.54, 1.807) is 0 Å². The maximum atomic E-state index is 12.7. The number of hydrogen-bond donors (Lipinski definition) is 1. The van der Waals surface area contributed by atoms with Crippen molar-refractivity contribution >= 4 is 11.8 Å². The highest BCUT2D eigenvalue weighted by Crippen LogP contribution is 2.31. The summed E-state index contributed by atoms with van der Waals surface area (Å²) in [6, 6.07) is -0.353. The smallest absolute Gasteiger partial charge is 0.246 e. The highest BCUT2D eigenvalue weighted by Gasteiger charge is 2.49. The molecule has 4 nitrogen and oxygen atoms in total. The Morgan fingerprint density at radius 1 is 1.15 bits per heavy atom. The third kappa shape index (κ3) is 3.15. The van der Waals surface area contributed by atoms with E-state index in [0.717, 1.165) is 6.42 Å². The van der Waals surface area contributed by atoms with E-state index < -0.39 is 5.54 Å². The van der Waals surface area contributed by atoms with Crippen LogP contribution in [0.5, 0.6) is 0 Å². The van der Waals surface area contributed by atoms with E-state index in [2.05, 4.69) is 26.1 Å². The van der Waals surface area contributed by atoms with Crippen LogP contribution in [0.3, 0.4) is 0 Å². The summed E-state index contributed by atoms with van der Waals surface area (Å²) >= 11 is 0. The van der Waals surface area contributed by atoms with Gasteiger partial charge < -0.3 is 10.2 Å². The largest absolute Gasteiger partial charge is 0.342 e. The molecule has 0 saturated carbocycles. The zero-order valence-corrected chi connectivity index (χ0v) is 13.9. The lowest BCUT2D eigenvalue weighted by Crippen LogP contribution is -2.70. The van der Waals surface area contributed by atoms with Crippen molar-refractivity contribution in [1.82, 2.24) is 10.2 Å². The third-order valence-electron chi connectivity index (χ3n) is 4.47. The van der Waals surface area contributed by atoms with E-state index in [1.165, 1.54) is 0 Å². The van der Waals surface area contributed by atoms with E-state index in [1.807, 2.05) is 25.7 Å². The molecule has 0 spiro atoms. The summed E-state index contributed by atoms with van der Waals surface area (Å²) in [7, 11) is 0. The lowest BCUT2D eigenvalue weighted by Gasteiger charge is -2.48. The molecule has 20 heavy (non-hydrogen) atoms. The van der Waals surface area contributed by atoms with Crippen molar-refractivity contribution in [3.63, 3.8) is 0 Å². The van der Waals surface area contributed by atoms with Gasteiger partial charge in [0, 0.05) is 6.54 Å². The van der Waals surface area contributed by atoms with Gasteiger partial charge in [0.2, 0.25) is 11.8 Å². The molecule has 4 heteroatoms. The summed E-state index contributed by atoms with van der Waals surface area (Å²) in [6.45, 7) is 13.1. The molecule has 0 aromatic carbocycles. The fraction of sp³-hybridized carbons (Fsp3) is 0.875. The molecular formula is C16H30N2O2. The van der Waals surface area contributed by atoms with Crippen molar-refractivity contribution in [3.05, 3.63) is 0 Å². The molecule has 1 heterocycles. The zero-order chi connectivity index (χ0) is 15.6. The van der Waals surface area contributed by atoms with Gasteiger partial charge in [-0.3, -0.25) is 9.59 Å². The fourth-order valence-electron chi connectivity index (χ4n) is 2.88. The molecule has 0 aromatic rings. The van der Waals surface area contributed by atoms with Gasteiger partial charge in [-0.25, -0.2) is 0 Å². The SMILES string of the molecule is CCC1NC(=O)C(CC)(CC)N(CCC(C)(C)C)C1=O. The van der Waals surface area contributed by atoms with Crippen molar-refractivity contribution in [1.29, 1.82) is 0 Å². The molecule has 0 radical (unpaired) electrons. The Labute approximate surface area is 123 Å². The van der Waals surface area contributed by atoms with Gasteiger partial charge in [-0.05, 0) is 31.1 Å². The highest BCUT2D eigenvalue weighted by molar-refractivity contribution is 5.99. The number of carbonyl (C=O) groups is 2. The van der Waals surface area contributed by atoms with Crippen molar-refractivity contribution in [3.8, 4) is 0 Å². The maximum absolute atomic E-state index is 12.7. The average Bonchev–Trinajstić information content (AvgIpc) is 2.38. The number of nitrogens with one attached hydrogen (secondary N) is 1. The lowest BCUT2D eigenvalue weighted by molar-refractivity contribution is -0.158. The van der Waals surface area contributed by atoms with E-state index in [0.29, 0.717) is 25.8 Å². The number of nitrogens with zero attached hydrogens (tertiary/aromatic N) is 1. The first kappa shape index (κ1) is 17.0. The van der Waals surface area contributed by atoms with Gasteiger partial charge in [0.25, 0.3) is 0 Å². The zero-order valence-electron chi connectivity index (χ0n) is 13.9. The predicted molar refractivity (Wildman–Crippen MR) is 81.3 cm³/mol. The molecule has 1 atom stereocenters. The van der Waals surface area contributed by atoms with Crippen molar-refractivity contribution < 1.29 is 9.59 Å². The Bertz CT molecular complexity index is 367. The maximum Gasteiger partial charge on any atom is 0.246 e. The normalized spacial score (nSPS) is 22.9. The minimum absolute atomic E-state index is 0.0165. The number of carbonyl (C=O) groups excluding carboxylic acids is 2. The first-order valence-corrected chi connectivity index (χ1v) is 7.84. The van der Waals surface area contributed by atoms with E-state index in [9.17, 15) is 9.59 Å². The molecule has 1 unspecified atom stereocenters. The first-order chi connectivity index (χ1) is 9.21. The topological polar surface area (TPSA) is 49.4 Å². The number of piperazine rings is 1. The van der Waals surface area contributed by atoms with Crippen LogP contribution < -0.4 is 5.32 Å². The molecule has 0 aliphatic carbocycles. The number of hydrogen-bond acceptors (Lipinski definition) is 2. The third-order valence-corrected chi connectivity index (χ3v) is 4.47. The molecule has 1 rings (SSSR count). The Balaban J connectivity index is 3.06. The van der Waals surface area contributed by atoms with Gasteiger partial charge in [0.1, 0.15) is 11.6 Å². The summed E-state index contributed by atoms with van der Waals surface area (Å²) in [5.41, 5.74) is -0.503. The molecule has 1 fully saturated rings. The van der Waals surface area contributed by atoms with Crippen LogP contribution in [0.1, 0.15) is 67.2 Å². The summed E-state index contributed by atoms with van der Waals surface area (Å²) in [5, 5.41) is 2.91. The summed E-state index contributed by atoms with van der Waals surface area (Å²) in [6.07, 6.45) is 2.90. The quantitative estimate of drug-likeness (QED) is 0.843.